The molecule has 2 aromatic heterocycles. The van der Waals surface area contributed by atoms with Gasteiger partial charge in [-0.15, -0.1) is 0 Å². The van der Waals surface area contributed by atoms with Crippen molar-refractivity contribution in [3.63, 3.8) is 0 Å². The van der Waals surface area contributed by atoms with E-state index in [0.29, 0.717) is 3.57 Å². The number of nitrogens with zero attached hydrogens (tertiary/aromatic N) is 4. The van der Waals surface area contributed by atoms with Crippen LogP contribution in [0.1, 0.15) is 45.1 Å². The molecule has 0 aliphatic heterocycles. The van der Waals surface area contributed by atoms with Gasteiger partial charge in [0, 0.05) is 25.0 Å². The molecule has 1 aliphatic rings. The third kappa shape index (κ3) is 2.77. The molecule has 1 saturated carbocycles. The Balaban J connectivity index is 2.15. The molecular weight excluding hydrogens is 379 g/mol. The molecule has 0 spiro atoms. The molecule has 2 aromatic rings. The lowest BCUT2D eigenvalue weighted by atomic mass is 10.2. The third-order valence-corrected chi connectivity index (χ3v) is 4.76. The highest BCUT2D eigenvalue weighted by Crippen LogP contribution is 2.31. The van der Waals surface area contributed by atoms with Gasteiger partial charge in [0.05, 0.1) is 3.57 Å². The monoisotopic (exact) mass is 398 g/mol. The molecule has 5 nitrogen and oxygen atoms in total. The van der Waals surface area contributed by atoms with Crippen molar-refractivity contribution in [1.29, 1.82) is 0 Å². The first kappa shape index (κ1) is 14.7. The second-order valence-electron chi connectivity index (χ2n) is 5.48. The highest BCUT2D eigenvalue weighted by Gasteiger charge is 2.24. The summed E-state index contributed by atoms with van der Waals surface area (Å²) in [5, 5.41) is 4.36. The maximum atomic E-state index is 12.6. The van der Waals surface area contributed by atoms with E-state index in [-0.39, 0.29) is 11.6 Å². The van der Waals surface area contributed by atoms with E-state index in [2.05, 4.69) is 39.6 Å². The quantitative estimate of drug-likeness (QED) is 0.744. The highest BCUT2D eigenvalue weighted by atomic mass is 127. The fourth-order valence-corrected chi connectivity index (χ4v) is 3.45. The van der Waals surface area contributed by atoms with Gasteiger partial charge in [-0.1, -0.05) is 19.8 Å². The predicted octanol–water partition coefficient (Wildman–Crippen LogP) is 3.24. The Hall–Kier alpha value is -1.18. The summed E-state index contributed by atoms with van der Waals surface area (Å²) in [6.07, 6.45) is 8.98. The van der Waals surface area contributed by atoms with Crippen LogP contribution in [0.3, 0.4) is 0 Å². The largest absolute Gasteiger partial charge is 0.287 e. The molecule has 0 N–H and O–H groups in total. The minimum atomic E-state index is 0.0803. The maximum absolute atomic E-state index is 12.6. The van der Waals surface area contributed by atoms with Crippen LogP contribution >= 0.6 is 22.6 Å². The zero-order chi connectivity index (χ0) is 14.8. The molecular formula is C15H19IN4O. The van der Waals surface area contributed by atoms with Crippen LogP contribution in [-0.2, 0) is 6.54 Å². The molecule has 0 atom stereocenters. The van der Waals surface area contributed by atoms with Gasteiger partial charge in [-0.25, -0.2) is 4.98 Å². The van der Waals surface area contributed by atoms with Crippen LogP contribution in [0.15, 0.2) is 23.3 Å². The van der Waals surface area contributed by atoms with Crippen molar-refractivity contribution in [2.24, 2.45) is 0 Å². The number of hydrogen-bond acceptors (Lipinski definition) is 3. The van der Waals surface area contributed by atoms with Gasteiger partial charge in [-0.2, -0.15) is 5.10 Å². The van der Waals surface area contributed by atoms with E-state index in [0.717, 1.165) is 37.3 Å². The van der Waals surface area contributed by atoms with Crippen molar-refractivity contribution >= 4 is 22.6 Å². The van der Waals surface area contributed by atoms with Crippen molar-refractivity contribution in [3.05, 3.63) is 32.4 Å². The first-order chi connectivity index (χ1) is 10.2. The van der Waals surface area contributed by atoms with Crippen LogP contribution in [0.25, 0.3) is 11.5 Å². The minimum absolute atomic E-state index is 0.0803. The summed E-state index contributed by atoms with van der Waals surface area (Å²) in [5.74, 6) is 0.762. The van der Waals surface area contributed by atoms with Gasteiger partial charge in [-0.05, 0) is 47.9 Å². The van der Waals surface area contributed by atoms with Crippen LogP contribution in [0.5, 0.6) is 0 Å². The van der Waals surface area contributed by atoms with Gasteiger partial charge in [0.15, 0.2) is 5.82 Å². The van der Waals surface area contributed by atoms with Crippen molar-refractivity contribution in [2.75, 3.05) is 0 Å². The Kier molecular flexibility index (Phi) is 4.42. The number of hydrogen-bond donors (Lipinski definition) is 0. The fraction of sp³-hybridized carbons (Fsp3) is 0.533. The van der Waals surface area contributed by atoms with Crippen LogP contribution in [-0.4, -0.2) is 19.3 Å². The third-order valence-electron chi connectivity index (χ3n) is 4.02. The van der Waals surface area contributed by atoms with E-state index in [4.69, 9.17) is 0 Å². The lowest BCUT2D eigenvalue weighted by Gasteiger charge is -2.18. The summed E-state index contributed by atoms with van der Waals surface area (Å²) in [6, 6.07) is 2.23. The highest BCUT2D eigenvalue weighted by molar-refractivity contribution is 14.1. The molecule has 0 radical (unpaired) electrons. The average Bonchev–Trinajstić information content (AvgIpc) is 3.13. The zero-order valence-electron chi connectivity index (χ0n) is 12.1. The number of aryl methyl sites for hydroxylation is 1. The number of aromatic nitrogens is 4. The zero-order valence-corrected chi connectivity index (χ0v) is 14.3. The Morgan fingerprint density at radius 3 is 2.86 bits per heavy atom. The van der Waals surface area contributed by atoms with Crippen LogP contribution < -0.4 is 5.56 Å². The Morgan fingerprint density at radius 2 is 2.14 bits per heavy atom. The summed E-state index contributed by atoms with van der Waals surface area (Å²) >= 11 is 2.08. The maximum Gasteiger partial charge on any atom is 0.267 e. The Labute approximate surface area is 137 Å². The summed E-state index contributed by atoms with van der Waals surface area (Å²) in [4.78, 5) is 17.2. The molecule has 0 unspecified atom stereocenters. The predicted molar refractivity (Wildman–Crippen MR) is 90.2 cm³/mol. The lowest BCUT2D eigenvalue weighted by Crippen LogP contribution is -2.28. The van der Waals surface area contributed by atoms with Crippen LogP contribution in [0.4, 0.5) is 0 Å². The van der Waals surface area contributed by atoms with Crippen molar-refractivity contribution in [3.8, 4) is 11.5 Å². The summed E-state index contributed by atoms with van der Waals surface area (Å²) in [7, 11) is 0. The molecule has 0 aromatic carbocycles. The molecule has 1 aliphatic carbocycles. The van der Waals surface area contributed by atoms with Crippen LogP contribution in [0.2, 0.25) is 0 Å². The first-order valence-electron chi connectivity index (χ1n) is 7.51. The van der Waals surface area contributed by atoms with Gasteiger partial charge in [0.25, 0.3) is 5.56 Å². The van der Waals surface area contributed by atoms with Crippen molar-refractivity contribution in [2.45, 2.75) is 51.6 Å². The molecule has 1 fully saturated rings. The standard InChI is InChI=1S/C15H19IN4O/c1-2-9-19-13(7-8-18-19)14-17-10-12(16)15(21)20(14)11-5-3-4-6-11/h7-8,10-11H,2-6,9H2,1H3. The summed E-state index contributed by atoms with van der Waals surface area (Å²) < 4.78 is 4.53. The van der Waals surface area contributed by atoms with E-state index in [1.54, 1.807) is 12.4 Å². The molecule has 3 rings (SSSR count). The normalized spacial score (nSPS) is 15.7. The Bertz CT molecular complexity index is 685. The second-order valence-corrected chi connectivity index (χ2v) is 6.64. The lowest BCUT2D eigenvalue weighted by molar-refractivity contribution is 0.494. The molecule has 6 heteroatoms. The summed E-state index contributed by atoms with van der Waals surface area (Å²) in [6.45, 7) is 2.96. The van der Waals surface area contributed by atoms with Gasteiger partial charge >= 0.3 is 0 Å². The van der Waals surface area contributed by atoms with E-state index >= 15 is 0 Å². The molecule has 0 amide bonds. The average molecular weight is 398 g/mol. The van der Waals surface area contributed by atoms with E-state index < -0.39 is 0 Å². The fourth-order valence-electron chi connectivity index (χ4n) is 3.05. The first-order valence-corrected chi connectivity index (χ1v) is 8.59. The summed E-state index contributed by atoms with van der Waals surface area (Å²) in [5.41, 5.74) is 1.02. The second kappa shape index (κ2) is 6.29. The SMILES string of the molecule is CCCn1nccc1-c1ncc(I)c(=O)n1C1CCCC1. The molecule has 0 saturated heterocycles. The molecule has 0 bridgehead atoms. The van der Waals surface area contributed by atoms with E-state index in [9.17, 15) is 4.79 Å². The minimum Gasteiger partial charge on any atom is -0.287 e. The van der Waals surface area contributed by atoms with Crippen molar-refractivity contribution < 1.29 is 0 Å². The topological polar surface area (TPSA) is 52.7 Å². The van der Waals surface area contributed by atoms with Crippen molar-refractivity contribution in [1.82, 2.24) is 19.3 Å². The van der Waals surface area contributed by atoms with Gasteiger partial charge in [0.1, 0.15) is 5.69 Å². The Morgan fingerprint density at radius 1 is 1.38 bits per heavy atom. The van der Waals surface area contributed by atoms with Crippen LogP contribution in [0, 0.1) is 3.57 Å². The smallest absolute Gasteiger partial charge is 0.267 e. The van der Waals surface area contributed by atoms with E-state index in [1.165, 1.54) is 12.8 Å². The number of halogens is 1. The molecule has 112 valence electrons. The van der Waals surface area contributed by atoms with Gasteiger partial charge in [-0.3, -0.25) is 14.0 Å². The molecule has 21 heavy (non-hydrogen) atoms. The van der Waals surface area contributed by atoms with E-state index in [1.807, 2.05) is 15.3 Å². The van der Waals surface area contributed by atoms with Gasteiger partial charge < -0.3 is 0 Å². The van der Waals surface area contributed by atoms with Gasteiger partial charge in [0.2, 0.25) is 0 Å². The molecule has 2 heterocycles. The number of rotatable bonds is 4.